The number of benzene rings is 1. The van der Waals surface area contributed by atoms with E-state index in [4.69, 9.17) is 16.7 Å². The number of carbonyl (C=O) groups is 2. The van der Waals surface area contributed by atoms with Crippen LogP contribution >= 0.6 is 11.6 Å². The van der Waals surface area contributed by atoms with E-state index in [1.54, 1.807) is 17.2 Å². The third kappa shape index (κ3) is 5.05. The Hall–Kier alpha value is -2.45. The molecule has 7 nitrogen and oxygen atoms in total. The second kappa shape index (κ2) is 8.49. The predicted octanol–water partition coefficient (Wildman–Crippen LogP) is 2.11. The van der Waals surface area contributed by atoms with Gasteiger partial charge in [0, 0.05) is 43.9 Å². The molecule has 27 heavy (non-hydrogen) atoms. The highest BCUT2D eigenvalue weighted by molar-refractivity contribution is 6.31. The third-order valence-corrected chi connectivity index (χ3v) is 4.86. The number of rotatable bonds is 6. The van der Waals surface area contributed by atoms with Gasteiger partial charge >= 0.3 is 5.97 Å². The molecule has 1 saturated heterocycles. The topological polar surface area (TPSA) is 78.7 Å². The second-order valence-electron chi connectivity index (χ2n) is 6.44. The maximum atomic E-state index is 13.1. The van der Waals surface area contributed by atoms with Gasteiger partial charge in [-0.05, 0) is 17.7 Å². The molecule has 0 radical (unpaired) electrons. The minimum absolute atomic E-state index is 0.0417. The fraction of sp³-hybridized carbons (Fsp3) is 0.389. The van der Waals surface area contributed by atoms with Crippen LogP contribution in [0.5, 0.6) is 0 Å². The number of carbonyl (C=O) groups excluding carboxylic acids is 1. The summed E-state index contributed by atoms with van der Waals surface area (Å²) in [6.45, 7) is 3.35. The van der Waals surface area contributed by atoms with E-state index >= 15 is 0 Å². The highest BCUT2D eigenvalue weighted by Crippen LogP contribution is 2.20. The van der Waals surface area contributed by atoms with Gasteiger partial charge in [-0.2, -0.15) is 5.10 Å². The van der Waals surface area contributed by atoms with Crippen LogP contribution in [0.15, 0.2) is 30.6 Å². The number of halogens is 2. The van der Waals surface area contributed by atoms with E-state index in [-0.39, 0.29) is 24.7 Å². The number of piperazine rings is 1. The summed E-state index contributed by atoms with van der Waals surface area (Å²) in [5.41, 5.74) is 1.31. The highest BCUT2D eigenvalue weighted by Gasteiger charge is 2.23. The minimum atomic E-state index is -0.907. The number of carboxylic acids is 1. The fourth-order valence-electron chi connectivity index (χ4n) is 2.99. The van der Waals surface area contributed by atoms with Crippen LogP contribution in [-0.2, 0) is 17.9 Å². The number of aliphatic carboxylic acids is 1. The lowest BCUT2D eigenvalue weighted by atomic mass is 10.2. The molecule has 1 fully saturated rings. The second-order valence-corrected chi connectivity index (χ2v) is 6.85. The summed E-state index contributed by atoms with van der Waals surface area (Å²) in [6.07, 6.45) is 3.00. The van der Waals surface area contributed by atoms with E-state index in [1.807, 2.05) is 0 Å². The van der Waals surface area contributed by atoms with Crippen molar-refractivity contribution in [3.63, 3.8) is 0 Å². The van der Waals surface area contributed by atoms with Crippen LogP contribution in [0.3, 0.4) is 0 Å². The van der Waals surface area contributed by atoms with Gasteiger partial charge in [0.2, 0.25) is 0 Å². The highest BCUT2D eigenvalue weighted by atomic mass is 35.5. The van der Waals surface area contributed by atoms with Crippen molar-refractivity contribution in [2.24, 2.45) is 0 Å². The van der Waals surface area contributed by atoms with Gasteiger partial charge in [-0.3, -0.25) is 19.2 Å². The first-order chi connectivity index (χ1) is 12.9. The van der Waals surface area contributed by atoms with Gasteiger partial charge < -0.3 is 10.0 Å². The standard InChI is InChI=1S/C18H20ClFN4O3/c19-16-9-15(20)2-1-13(16)11-22-5-7-23(8-6-22)18(27)14-10-21-24(12-14)4-3-17(25)26/h1-2,9-10,12H,3-8,11H2,(H,25,26). The molecule has 0 saturated carbocycles. The molecule has 0 aliphatic carbocycles. The molecule has 0 atom stereocenters. The maximum absolute atomic E-state index is 13.1. The van der Waals surface area contributed by atoms with Gasteiger partial charge in [0.15, 0.2) is 0 Å². The fourth-order valence-corrected chi connectivity index (χ4v) is 3.22. The summed E-state index contributed by atoms with van der Waals surface area (Å²) in [5, 5.41) is 13.2. The smallest absolute Gasteiger partial charge is 0.305 e. The molecule has 1 aromatic heterocycles. The van der Waals surface area contributed by atoms with E-state index in [0.717, 1.165) is 5.56 Å². The first kappa shape index (κ1) is 19.3. The molecular formula is C18H20ClFN4O3. The molecule has 1 N–H and O–H groups in total. The molecule has 0 unspecified atom stereocenters. The van der Waals surface area contributed by atoms with Crippen molar-refractivity contribution in [3.8, 4) is 0 Å². The van der Waals surface area contributed by atoms with Gasteiger partial charge in [0.1, 0.15) is 5.82 Å². The van der Waals surface area contributed by atoms with E-state index in [1.165, 1.54) is 23.0 Å². The lowest BCUT2D eigenvalue weighted by Gasteiger charge is -2.34. The number of carboxylic acid groups (broad SMARTS) is 1. The van der Waals surface area contributed by atoms with Crippen LogP contribution in [0.25, 0.3) is 0 Å². The van der Waals surface area contributed by atoms with Crippen LogP contribution < -0.4 is 0 Å². The molecule has 2 heterocycles. The molecule has 1 aliphatic heterocycles. The lowest BCUT2D eigenvalue weighted by Crippen LogP contribution is -2.48. The zero-order valence-electron chi connectivity index (χ0n) is 14.6. The van der Waals surface area contributed by atoms with Crippen molar-refractivity contribution < 1.29 is 19.1 Å². The number of aryl methyl sites for hydroxylation is 1. The Bertz CT molecular complexity index is 834. The number of amides is 1. The lowest BCUT2D eigenvalue weighted by molar-refractivity contribution is -0.137. The SMILES string of the molecule is O=C(O)CCn1cc(C(=O)N2CCN(Cc3ccc(F)cc3Cl)CC2)cn1. The molecule has 0 spiro atoms. The predicted molar refractivity (Wildman–Crippen MR) is 97.1 cm³/mol. The summed E-state index contributed by atoms with van der Waals surface area (Å²) in [4.78, 5) is 27.1. The first-order valence-electron chi connectivity index (χ1n) is 8.62. The maximum Gasteiger partial charge on any atom is 0.305 e. The Morgan fingerprint density at radius 2 is 1.96 bits per heavy atom. The van der Waals surface area contributed by atoms with Gasteiger partial charge in [0.25, 0.3) is 5.91 Å². The molecule has 9 heteroatoms. The summed E-state index contributed by atoms with van der Waals surface area (Å²) in [5.74, 6) is -1.38. The van der Waals surface area contributed by atoms with Crippen molar-refractivity contribution >= 4 is 23.5 Å². The van der Waals surface area contributed by atoms with Gasteiger partial charge in [-0.1, -0.05) is 17.7 Å². The van der Waals surface area contributed by atoms with Crippen molar-refractivity contribution in [2.45, 2.75) is 19.5 Å². The Labute approximate surface area is 160 Å². The van der Waals surface area contributed by atoms with Gasteiger partial charge in [-0.15, -0.1) is 0 Å². The van der Waals surface area contributed by atoms with Crippen molar-refractivity contribution in [1.82, 2.24) is 19.6 Å². The third-order valence-electron chi connectivity index (χ3n) is 4.50. The van der Waals surface area contributed by atoms with Gasteiger partial charge in [-0.25, -0.2) is 4.39 Å². The van der Waals surface area contributed by atoms with Crippen molar-refractivity contribution in [1.29, 1.82) is 0 Å². The molecule has 1 amide bonds. The number of nitrogens with zero attached hydrogens (tertiary/aromatic N) is 4. The Kier molecular flexibility index (Phi) is 6.08. The summed E-state index contributed by atoms with van der Waals surface area (Å²) in [6, 6.07) is 4.38. The zero-order valence-corrected chi connectivity index (χ0v) is 15.4. The number of hydrogen-bond donors (Lipinski definition) is 1. The van der Waals surface area contributed by atoms with Crippen LogP contribution in [-0.4, -0.2) is 62.7 Å². The van der Waals surface area contributed by atoms with Crippen LogP contribution in [0, 0.1) is 5.82 Å². The van der Waals surface area contributed by atoms with E-state index in [9.17, 15) is 14.0 Å². The molecule has 0 bridgehead atoms. The summed E-state index contributed by atoms with van der Waals surface area (Å²) in [7, 11) is 0. The Morgan fingerprint density at radius 3 is 2.63 bits per heavy atom. The number of hydrogen-bond acceptors (Lipinski definition) is 4. The van der Waals surface area contributed by atoms with Gasteiger partial charge in [0.05, 0.1) is 24.7 Å². The molecule has 1 aromatic carbocycles. The Balaban J connectivity index is 1.52. The van der Waals surface area contributed by atoms with Crippen LogP contribution in [0.1, 0.15) is 22.3 Å². The van der Waals surface area contributed by atoms with Crippen molar-refractivity contribution in [2.75, 3.05) is 26.2 Å². The van der Waals surface area contributed by atoms with Crippen molar-refractivity contribution in [3.05, 3.63) is 52.6 Å². The first-order valence-corrected chi connectivity index (χ1v) is 9.00. The normalized spacial score (nSPS) is 15.1. The molecule has 144 valence electrons. The van der Waals surface area contributed by atoms with E-state index < -0.39 is 5.97 Å². The number of aromatic nitrogens is 2. The summed E-state index contributed by atoms with van der Waals surface area (Å²) >= 11 is 6.08. The van der Waals surface area contributed by atoms with Crippen LogP contribution in [0.2, 0.25) is 5.02 Å². The minimum Gasteiger partial charge on any atom is -0.481 e. The Morgan fingerprint density at radius 1 is 1.22 bits per heavy atom. The quantitative estimate of drug-likeness (QED) is 0.811. The molecule has 1 aliphatic rings. The molecule has 2 aromatic rings. The average molecular weight is 395 g/mol. The average Bonchev–Trinajstić information content (AvgIpc) is 3.11. The summed E-state index contributed by atoms with van der Waals surface area (Å²) < 4.78 is 14.6. The van der Waals surface area contributed by atoms with E-state index in [2.05, 4.69) is 10.00 Å². The largest absolute Gasteiger partial charge is 0.481 e. The monoisotopic (exact) mass is 394 g/mol. The zero-order chi connectivity index (χ0) is 19.4. The molecular weight excluding hydrogens is 375 g/mol. The van der Waals surface area contributed by atoms with Crippen LogP contribution in [0.4, 0.5) is 4.39 Å². The van der Waals surface area contributed by atoms with E-state index in [0.29, 0.717) is 43.3 Å². The molecule has 3 rings (SSSR count).